The molecule has 0 atom stereocenters. The Balaban J connectivity index is 2.21. The van der Waals surface area contributed by atoms with Gasteiger partial charge in [0.2, 0.25) is 0 Å². The van der Waals surface area contributed by atoms with E-state index in [1.54, 1.807) is 10.9 Å². The maximum Gasteiger partial charge on any atom is 0.421 e. The van der Waals surface area contributed by atoms with Crippen molar-refractivity contribution in [1.82, 2.24) is 14.3 Å². The van der Waals surface area contributed by atoms with Gasteiger partial charge in [0.15, 0.2) is 11.5 Å². The number of anilines is 1. The third kappa shape index (κ3) is 4.55. The molecule has 2 aromatic rings. The Bertz CT molecular complexity index is 660. The number of azo groups is 1. The van der Waals surface area contributed by atoms with E-state index in [2.05, 4.69) is 37.1 Å². The molecule has 8 nitrogen and oxygen atoms in total. The van der Waals surface area contributed by atoms with Crippen LogP contribution in [0.2, 0.25) is 0 Å². The van der Waals surface area contributed by atoms with Gasteiger partial charge in [-0.3, -0.25) is 0 Å². The first-order valence-electron chi connectivity index (χ1n) is 8.38. The summed E-state index contributed by atoms with van der Waals surface area (Å²) in [5.74, 6) is 1.95. The maximum absolute atomic E-state index is 6.09. The predicted molar refractivity (Wildman–Crippen MR) is 93.4 cm³/mol. The molecule has 0 aliphatic carbocycles. The van der Waals surface area contributed by atoms with Gasteiger partial charge in [-0.25, -0.2) is 13.8 Å². The standard InChI is InChI=1S/C15H25ClN8/c1-2-7-22-10-11-23(8-3-5-16)15(22)21-20-13-12-19-24(14(13)18)9-4-6-17/h10-12,18H,2-9,17H2,1H3/p+2. The van der Waals surface area contributed by atoms with Crippen LogP contribution >= 0.6 is 11.6 Å². The third-order valence-corrected chi connectivity index (χ3v) is 3.93. The van der Waals surface area contributed by atoms with Crippen LogP contribution in [0.4, 0.5) is 17.5 Å². The fourth-order valence-corrected chi connectivity index (χ4v) is 2.51. The van der Waals surface area contributed by atoms with E-state index in [1.165, 1.54) is 0 Å². The molecular weight excluding hydrogens is 328 g/mol. The lowest BCUT2D eigenvalue weighted by Gasteiger charge is -2.00. The van der Waals surface area contributed by atoms with E-state index < -0.39 is 0 Å². The van der Waals surface area contributed by atoms with Gasteiger partial charge in [0, 0.05) is 24.0 Å². The van der Waals surface area contributed by atoms with E-state index in [0.29, 0.717) is 17.4 Å². The van der Waals surface area contributed by atoms with E-state index in [0.717, 1.165) is 51.4 Å². The highest BCUT2D eigenvalue weighted by molar-refractivity contribution is 6.17. The quantitative estimate of drug-likeness (QED) is 0.384. The molecular formula is C15H27ClN8+2. The Morgan fingerprint density at radius 3 is 2.88 bits per heavy atom. The summed E-state index contributed by atoms with van der Waals surface area (Å²) in [5.41, 5.74) is 10.5. The molecule has 2 aromatic heterocycles. The molecule has 5 N–H and O–H groups in total. The van der Waals surface area contributed by atoms with Crippen molar-refractivity contribution in [1.29, 1.82) is 0 Å². The lowest BCUT2D eigenvalue weighted by molar-refractivity contribution is -0.683. The van der Waals surface area contributed by atoms with Gasteiger partial charge >= 0.3 is 5.95 Å². The zero-order valence-electron chi connectivity index (χ0n) is 14.2. The first-order chi connectivity index (χ1) is 11.7. The lowest BCUT2D eigenvalue weighted by Crippen LogP contribution is -2.50. The number of halogens is 1. The van der Waals surface area contributed by atoms with Gasteiger partial charge in [-0.1, -0.05) is 12.0 Å². The fourth-order valence-electron chi connectivity index (χ4n) is 2.39. The lowest BCUT2D eigenvalue weighted by atomic mass is 10.4. The Labute approximate surface area is 147 Å². The number of nitrogens with two attached hydrogens (primary N) is 1. The fraction of sp³-hybridized carbons (Fsp3) is 0.600. The SMILES string of the molecule is CCC[n+]1ccn(CCCCl)c1N=Nc1cnn(CCC[NH3+])c1N. The maximum atomic E-state index is 6.09. The highest BCUT2D eigenvalue weighted by atomic mass is 35.5. The molecule has 0 aromatic carbocycles. The number of aromatic nitrogens is 4. The second kappa shape index (κ2) is 9.39. The minimum absolute atomic E-state index is 0.535. The number of alkyl halides is 1. The Kier molecular flexibility index (Phi) is 7.20. The van der Waals surface area contributed by atoms with Gasteiger partial charge in [0.25, 0.3) is 0 Å². The number of imidazole rings is 1. The highest BCUT2D eigenvalue weighted by Gasteiger charge is 2.17. The first kappa shape index (κ1) is 18.4. The van der Waals surface area contributed by atoms with Crippen molar-refractivity contribution in [3.8, 4) is 0 Å². The van der Waals surface area contributed by atoms with Crippen LogP contribution in [0.25, 0.3) is 0 Å². The highest BCUT2D eigenvalue weighted by Crippen LogP contribution is 2.23. The molecule has 2 rings (SSSR count). The van der Waals surface area contributed by atoms with Gasteiger partial charge in [-0.2, -0.15) is 5.10 Å². The Morgan fingerprint density at radius 2 is 2.17 bits per heavy atom. The van der Waals surface area contributed by atoms with Crippen molar-refractivity contribution in [2.45, 2.75) is 45.8 Å². The number of quaternary nitrogens is 1. The molecule has 0 fully saturated rings. The number of aryl methyl sites for hydroxylation is 3. The molecule has 9 heteroatoms. The molecule has 0 spiro atoms. The van der Waals surface area contributed by atoms with Crippen molar-refractivity contribution >= 4 is 29.1 Å². The van der Waals surface area contributed by atoms with Crippen LogP contribution in [0.3, 0.4) is 0 Å². The Hall–Kier alpha value is -1.93. The van der Waals surface area contributed by atoms with Crippen molar-refractivity contribution in [3.63, 3.8) is 0 Å². The molecule has 24 heavy (non-hydrogen) atoms. The smallest absolute Gasteiger partial charge is 0.382 e. The number of hydrogen-bond donors (Lipinski definition) is 2. The normalized spacial score (nSPS) is 11.6. The average molecular weight is 355 g/mol. The first-order valence-corrected chi connectivity index (χ1v) is 8.91. The van der Waals surface area contributed by atoms with Gasteiger partial charge in [0.1, 0.15) is 0 Å². The van der Waals surface area contributed by atoms with E-state index >= 15 is 0 Å². The van der Waals surface area contributed by atoms with Crippen LogP contribution in [0.1, 0.15) is 26.2 Å². The van der Waals surface area contributed by atoms with Gasteiger partial charge in [-0.15, -0.1) is 11.6 Å². The van der Waals surface area contributed by atoms with Crippen molar-refractivity contribution < 1.29 is 10.3 Å². The van der Waals surface area contributed by atoms with E-state index in [4.69, 9.17) is 17.3 Å². The summed E-state index contributed by atoms with van der Waals surface area (Å²) >= 11 is 5.80. The molecule has 132 valence electrons. The van der Waals surface area contributed by atoms with Gasteiger partial charge < -0.3 is 11.5 Å². The summed E-state index contributed by atoms with van der Waals surface area (Å²) in [6.07, 6.45) is 8.52. The summed E-state index contributed by atoms with van der Waals surface area (Å²) in [6.45, 7) is 5.43. The molecule has 0 amide bonds. The Morgan fingerprint density at radius 1 is 1.33 bits per heavy atom. The summed E-state index contributed by atoms with van der Waals surface area (Å²) in [6, 6.07) is 0. The predicted octanol–water partition coefficient (Wildman–Crippen LogP) is 1.64. The minimum atomic E-state index is 0.535. The molecule has 0 bridgehead atoms. The largest absolute Gasteiger partial charge is 0.421 e. The van der Waals surface area contributed by atoms with E-state index in [-0.39, 0.29) is 0 Å². The summed E-state index contributed by atoms with van der Waals surface area (Å²) < 4.78 is 5.89. The molecule has 0 saturated carbocycles. The van der Waals surface area contributed by atoms with Crippen molar-refractivity contribution in [3.05, 3.63) is 18.6 Å². The zero-order valence-corrected chi connectivity index (χ0v) is 15.0. The third-order valence-electron chi connectivity index (χ3n) is 3.66. The number of rotatable bonds is 10. The van der Waals surface area contributed by atoms with Crippen LogP contribution in [-0.4, -0.2) is 26.8 Å². The molecule has 0 saturated heterocycles. The van der Waals surface area contributed by atoms with Crippen LogP contribution < -0.4 is 16.0 Å². The monoisotopic (exact) mass is 354 g/mol. The van der Waals surface area contributed by atoms with Gasteiger partial charge in [0.05, 0.1) is 38.2 Å². The minimum Gasteiger partial charge on any atom is -0.382 e. The number of nitrogens with zero attached hydrogens (tertiary/aromatic N) is 6. The molecule has 2 heterocycles. The molecule has 0 aliphatic rings. The van der Waals surface area contributed by atoms with Crippen LogP contribution in [0, 0.1) is 0 Å². The van der Waals surface area contributed by atoms with Crippen LogP contribution in [0.5, 0.6) is 0 Å². The molecule has 0 radical (unpaired) electrons. The topological polar surface area (TPSA) is 105 Å². The number of nitrogen functional groups attached to an aromatic ring is 1. The molecule has 0 unspecified atom stereocenters. The summed E-state index contributed by atoms with van der Waals surface area (Å²) in [7, 11) is 0. The average Bonchev–Trinajstić information content (AvgIpc) is 3.13. The number of hydrogen-bond acceptors (Lipinski definition) is 4. The zero-order chi connectivity index (χ0) is 17.4. The van der Waals surface area contributed by atoms with Crippen LogP contribution in [-0.2, 0) is 19.6 Å². The van der Waals surface area contributed by atoms with E-state index in [9.17, 15) is 0 Å². The summed E-state index contributed by atoms with van der Waals surface area (Å²) in [4.78, 5) is 0. The summed E-state index contributed by atoms with van der Waals surface area (Å²) in [5, 5.41) is 13.0. The second-order valence-corrected chi connectivity index (χ2v) is 5.95. The van der Waals surface area contributed by atoms with Gasteiger partial charge in [-0.05, 0) is 12.8 Å². The molecule has 0 aliphatic heterocycles. The van der Waals surface area contributed by atoms with Crippen molar-refractivity contribution in [2.75, 3.05) is 18.2 Å². The second-order valence-electron chi connectivity index (χ2n) is 5.57. The van der Waals surface area contributed by atoms with E-state index in [1.807, 2.05) is 12.4 Å². The van der Waals surface area contributed by atoms with Crippen molar-refractivity contribution in [2.24, 2.45) is 10.2 Å². The van der Waals surface area contributed by atoms with Crippen LogP contribution in [0.15, 0.2) is 28.8 Å².